The third-order valence-electron chi connectivity index (χ3n) is 5.73. The standard InChI is InChI=1S/C23H28Cl2N2O5S/c1-31-21-11-10-19(13-22(21)32-2)33(29,30)27(18-6-4-3-5-7-18)15-23(28)26-14-16-8-9-17(24)12-20(16)25/h8-13,18H,3-7,14-15H2,1-2H3,(H,26,28). The molecule has 1 N–H and O–H groups in total. The van der Waals surface area contributed by atoms with E-state index in [1.54, 1.807) is 24.3 Å². The molecule has 2 aromatic rings. The molecule has 1 saturated carbocycles. The molecule has 0 bridgehead atoms. The molecule has 2 aromatic carbocycles. The second-order valence-corrected chi connectivity index (χ2v) is 10.6. The van der Waals surface area contributed by atoms with Crippen LogP contribution in [-0.2, 0) is 21.4 Å². The van der Waals surface area contributed by atoms with Crippen LogP contribution in [0.15, 0.2) is 41.3 Å². The minimum absolute atomic E-state index is 0.0549. The fourth-order valence-electron chi connectivity index (χ4n) is 3.95. The van der Waals surface area contributed by atoms with Crippen LogP contribution >= 0.6 is 23.2 Å². The monoisotopic (exact) mass is 514 g/mol. The number of carbonyl (C=O) groups excluding carboxylic acids is 1. The number of methoxy groups -OCH3 is 2. The Kier molecular flexibility index (Phi) is 8.87. The van der Waals surface area contributed by atoms with Crippen LogP contribution < -0.4 is 14.8 Å². The highest BCUT2D eigenvalue weighted by molar-refractivity contribution is 7.89. The number of hydrogen-bond donors (Lipinski definition) is 1. The van der Waals surface area contributed by atoms with E-state index in [1.165, 1.54) is 30.7 Å². The predicted molar refractivity (Wildman–Crippen MR) is 129 cm³/mol. The summed E-state index contributed by atoms with van der Waals surface area (Å²) in [6.45, 7) is -0.115. The molecule has 0 aliphatic heterocycles. The zero-order valence-corrected chi connectivity index (χ0v) is 21.0. The van der Waals surface area contributed by atoms with Gasteiger partial charge < -0.3 is 14.8 Å². The maximum Gasteiger partial charge on any atom is 0.243 e. The predicted octanol–water partition coefficient (Wildman–Crippen LogP) is 4.65. The van der Waals surface area contributed by atoms with Gasteiger partial charge in [0, 0.05) is 28.7 Å². The van der Waals surface area contributed by atoms with Gasteiger partial charge in [0.05, 0.1) is 25.7 Å². The molecule has 0 spiro atoms. The average Bonchev–Trinajstić information content (AvgIpc) is 2.81. The van der Waals surface area contributed by atoms with Crippen molar-refractivity contribution in [3.8, 4) is 11.5 Å². The third kappa shape index (κ3) is 6.32. The molecule has 0 atom stereocenters. The van der Waals surface area contributed by atoms with E-state index in [2.05, 4.69) is 5.32 Å². The van der Waals surface area contributed by atoms with Crippen LogP contribution in [0.2, 0.25) is 10.0 Å². The number of hydrogen-bond acceptors (Lipinski definition) is 5. The molecule has 0 heterocycles. The fourth-order valence-corrected chi connectivity index (χ4v) is 6.08. The molecular weight excluding hydrogens is 487 g/mol. The number of nitrogens with one attached hydrogen (secondary N) is 1. The zero-order valence-electron chi connectivity index (χ0n) is 18.6. The lowest BCUT2D eigenvalue weighted by molar-refractivity contribution is -0.121. The van der Waals surface area contributed by atoms with E-state index < -0.39 is 15.9 Å². The van der Waals surface area contributed by atoms with Crippen LogP contribution in [-0.4, -0.2) is 45.4 Å². The molecule has 0 radical (unpaired) electrons. The summed E-state index contributed by atoms with van der Waals surface area (Å²) in [5.74, 6) is 0.331. The summed E-state index contributed by atoms with van der Waals surface area (Å²) < 4.78 is 39.0. The Balaban J connectivity index is 1.82. The maximum atomic E-state index is 13.6. The smallest absolute Gasteiger partial charge is 0.243 e. The second-order valence-electron chi connectivity index (χ2n) is 7.87. The number of benzene rings is 2. The zero-order chi connectivity index (χ0) is 24.0. The van der Waals surface area contributed by atoms with E-state index in [4.69, 9.17) is 32.7 Å². The van der Waals surface area contributed by atoms with Gasteiger partial charge in [-0.1, -0.05) is 48.5 Å². The first-order chi connectivity index (χ1) is 15.8. The van der Waals surface area contributed by atoms with Gasteiger partial charge in [-0.25, -0.2) is 8.42 Å². The van der Waals surface area contributed by atoms with E-state index >= 15 is 0 Å². The highest BCUT2D eigenvalue weighted by Crippen LogP contribution is 2.33. The molecule has 1 amide bonds. The Morgan fingerprint density at radius 2 is 1.73 bits per heavy atom. The largest absolute Gasteiger partial charge is 0.493 e. The van der Waals surface area contributed by atoms with Crippen LogP contribution in [0.1, 0.15) is 37.7 Å². The number of rotatable bonds is 9. The van der Waals surface area contributed by atoms with Crippen LogP contribution in [0.25, 0.3) is 0 Å². The molecule has 0 aromatic heterocycles. The van der Waals surface area contributed by atoms with Crippen molar-refractivity contribution in [3.05, 3.63) is 52.0 Å². The minimum Gasteiger partial charge on any atom is -0.493 e. The lowest BCUT2D eigenvalue weighted by Gasteiger charge is -2.33. The molecule has 0 unspecified atom stereocenters. The SMILES string of the molecule is COc1ccc(S(=O)(=O)N(CC(=O)NCc2ccc(Cl)cc2Cl)C2CCCCC2)cc1OC. The van der Waals surface area contributed by atoms with Gasteiger partial charge in [-0.2, -0.15) is 4.31 Å². The Morgan fingerprint density at radius 3 is 2.36 bits per heavy atom. The molecule has 1 fully saturated rings. The Bertz CT molecular complexity index is 1090. The van der Waals surface area contributed by atoms with Crippen LogP contribution in [0.4, 0.5) is 0 Å². The lowest BCUT2D eigenvalue weighted by Crippen LogP contribution is -2.46. The van der Waals surface area contributed by atoms with Crippen molar-refractivity contribution in [1.29, 1.82) is 0 Å². The van der Waals surface area contributed by atoms with E-state index in [9.17, 15) is 13.2 Å². The van der Waals surface area contributed by atoms with Crippen molar-refractivity contribution in [2.45, 2.75) is 49.6 Å². The van der Waals surface area contributed by atoms with Crippen molar-refractivity contribution in [3.63, 3.8) is 0 Å². The average molecular weight is 515 g/mol. The van der Waals surface area contributed by atoms with Gasteiger partial charge in [-0.15, -0.1) is 0 Å². The molecule has 1 aliphatic rings. The third-order valence-corrected chi connectivity index (χ3v) is 8.22. The molecule has 10 heteroatoms. The van der Waals surface area contributed by atoms with E-state index in [-0.39, 0.29) is 24.0 Å². The van der Waals surface area contributed by atoms with Crippen LogP contribution in [0, 0.1) is 0 Å². The molecule has 180 valence electrons. The van der Waals surface area contributed by atoms with Crippen molar-refractivity contribution in [2.24, 2.45) is 0 Å². The summed E-state index contributed by atoms with van der Waals surface area (Å²) in [5.41, 5.74) is 0.696. The number of nitrogens with zero attached hydrogens (tertiary/aromatic N) is 1. The van der Waals surface area contributed by atoms with Crippen molar-refractivity contribution in [2.75, 3.05) is 20.8 Å². The summed E-state index contributed by atoms with van der Waals surface area (Å²) in [6, 6.07) is 9.21. The highest BCUT2D eigenvalue weighted by atomic mass is 35.5. The summed E-state index contributed by atoms with van der Waals surface area (Å²) in [7, 11) is -1.03. The summed E-state index contributed by atoms with van der Waals surface area (Å²) in [6.07, 6.45) is 4.32. The molecule has 3 rings (SSSR count). The quantitative estimate of drug-likeness (QED) is 0.526. The highest BCUT2D eigenvalue weighted by Gasteiger charge is 2.34. The summed E-state index contributed by atoms with van der Waals surface area (Å²) in [4.78, 5) is 12.9. The van der Waals surface area contributed by atoms with Crippen LogP contribution in [0.5, 0.6) is 11.5 Å². The number of sulfonamides is 1. The number of carbonyl (C=O) groups is 1. The van der Waals surface area contributed by atoms with Gasteiger partial charge in [0.1, 0.15) is 0 Å². The Hall–Kier alpha value is -2.00. The first kappa shape index (κ1) is 25.6. The van der Waals surface area contributed by atoms with Gasteiger partial charge in [-0.3, -0.25) is 4.79 Å². The number of ether oxygens (including phenoxy) is 2. The molecule has 7 nitrogen and oxygen atoms in total. The van der Waals surface area contributed by atoms with E-state index in [1.807, 2.05) is 0 Å². The normalized spacial score (nSPS) is 14.8. The molecule has 0 saturated heterocycles. The first-order valence-corrected chi connectivity index (χ1v) is 12.9. The lowest BCUT2D eigenvalue weighted by atomic mass is 9.95. The van der Waals surface area contributed by atoms with E-state index in [0.29, 0.717) is 39.9 Å². The fraction of sp³-hybridized carbons (Fsp3) is 0.435. The van der Waals surface area contributed by atoms with Gasteiger partial charge in [0.25, 0.3) is 0 Å². The minimum atomic E-state index is -3.96. The van der Waals surface area contributed by atoms with Gasteiger partial charge in [-0.05, 0) is 42.7 Å². The Labute approximate surface area is 205 Å². The van der Waals surface area contributed by atoms with Crippen molar-refractivity contribution < 1.29 is 22.7 Å². The van der Waals surface area contributed by atoms with Gasteiger partial charge in [0.2, 0.25) is 15.9 Å². The second kappa shape index (κ2) is 11.4. The number of halogens is 2. The van der Waals surface area contributed by atoms with Crippen molar-refractivity contribution in [1.82, 2.24) is 9.62 Å². The molecular formula is C23H28Cl2N2O5S. The summed E-state index contributed by atoms with van der Waals surface area (Å²) in [5, 5.41) is 3.71. The molecule has 1 aliphatic carbocycles. The van der Waals surface area contributed by atoms with Gasteiger partial charge in [0.15, 0.2) is 11.5 Å². The number of amides is 1. The van der Waals surface area contributed by atoms with E-state index in [0.717, 1.165) is 19.3 Å². The van der Waals surface area contributed by atoms with Crippen LogP contribution in [0.3, 0.4) is 0 Å². The van der Waals surface area contributed by atoms with Crippen molar-refractivity contribution >= 4 is 39.1 Å². The summed E-state index contributed by atoms with van der Waals surface area (Å²) >= 11 is 12.1. The van der Waals surface area contributed by atoms with Gasteiger partial charge >= 0.3 is 0 Å². The molecule has 33 heavy (non-hydrogen) atoms. The first-order valence-electron chi connectivity index (χ1n) is 10.7. The maximum absolute atomic E-state index is 13.6. The Morgan fingerprint density at radius 1 is 1.03 bits per heavy atom. The topological polar surface area (TPSA) is 84.9 Å².